The highest BCUT2D eigenvalue weighted by atomic mass is 35.5. The van der Waals surface area contributed by atoms with Crippen LogP contribution in [0.4, 0.5) is 0 Å². The lowest BCUT2D eigenvalue weighted by molar-refractivity contribution is 0.0696. The predicted molar refractivity (Wildman–Crippen MR) is 58.0 cm³/mol. The fourth-order valence-corrected chi connectivity index (χ4v) is 1.15. The van der Waals surface area contributed by atoms with Crippen molar-refractivity contribution >= 4 is 23.5 Å². The summed E-state index contributed by atoms with van der Waals surface area (Å²) in [6.45, 7) is 0. The summed E-state index contributed by atoms with van der Waals surface area (Å²) in [5, 5.41) is 17.5. The van der Waals surface area contributed by atoms with E-state index in [0.717, 1.165) is 6.07 Å². The van der Waals surface area contributed by atoms with Gasteiger partial charge in [0.25, 0.3) is 0 Å². The summed E-state index contributed by atoms with van der Waals surface area (Å²) < 4.78 is 0. The van der Waals surface area contributed by atoms with Crippen molar-refractivity contribution in [1.29, 1.82) is 0 Å². The Labute approximate surface area is 96.5 Å². The number of carbonyl (C=O) groups is 2. The van der Waals surface area contributed by atoms with Crippen LogP contribution in [0.3, 0.4) is 0 Å². The summed E-state index contributed by atoms with van der Waals surface area (Å²) in [6, 6.07) is 3.68. The zero-order valence-corrected chi connectivity index (χ0v) is 8.78. The van der Waals surface area contributed by atoms with Gasteiger partial charge >= 0.3 is 11.9 Å². The van der Waals surface area contributed by atoms with Crippen LogP contribution in [0.2, 0.25) is 0 Å². The molecule has 0 spiro atoms. The number of hydrogen-bond acceptors (Lipinski definition) is 2. The molecule has 0 heterocycles. The summed E-state index contributed by atoms with van der Waals surface area (Å²) in [5.41, 5.74) is 0.0931. The molecular weight excluding hydrogens is 232 g/mol. The van der Waals surface area contributed by atoms with Gasteiger partial charge in [0, 0.05) is 5.56 Å². The Morgan fingerprint density at radius 2 is 1.62 bits per heavy atom. The Morgan fingerprint density at radius 1 is 1.12 bits per heavy atom. The number of carboxylic acid groups (broad SMARTS) is 2. The molecule has 0 aliphatic carbocycles. The Balaban J connectivity index is 3.29. The number of hydrogen-bond donors (Lipinski definition) is 2. The largest absolute Gasteiger partial charge is 0.478 e. The van der Waals surface area contributed by atoms with Crippen molar-refractivity contribution in [2.45, 2.75) is 0 Å². The third kappa shape index (κ3) is 3.01. The molecule has 0 amide bonds. The van der Waals surface area contributed by atoms with Gasteiger partial charge in [0.1, 0.15) is 0 Å². The van der Waals surface area contributed by atoms with Crippen LogP contribution in [0.25, 0.3) is 0 Å². The monoisotopic (exact) mass is 238 g/mol. The minimum Gasteiger partial charge on any atom is -0.478 e. The highest BCUT2D eigenvalue weighted by Gasteiger charge is 2.10. The molecule has 0 radical (unpaired) electrons. The van der Waals surface area contributed by atoms with Crippen LogP contribution in [0.1, 0.15) is 26.3 Å². The topological polar surface area (TPSA) is 74.6 Å². The van der Waals surface area contributed by atoms with E-state index < -0.39 is 11.9 Å². The molecule has 1 rings (SSSR count). The average molecular weight is 239 g/mol. The summed E-state index contributed by atoms with van der Waals surface area (Å²) in [5.74, 6) is 2.81. The highest BCUT2D eigenvalue weighted by Crippen LogP contribution is 2.10. The maximum atomic E-state index is 10.7. The molecule has 0 aliphatic rings. The minimum absolute atomic E-state index is 0.0969. The van der Waals surface area contributed by atoms with Gasteiger partial charge in [-0.25, -0.2) is 9.59 Å². The number of alkyl halides is 1. The molecule has 0 saturated heterocycles. The van der Waals surface area contributed by atoms with Crippen LogP contribution in [-0.4, -0.2) is 28.0 Å². The minimum atomic E-state index is -1.20. The van der Waals surface area contributed by atoms with Crippen molar-refractivity contribution in [3.63, 3.8) is 0 Å². The number of benzene rings is 1. The maximum absolute atomic E-state index is 10.7. The van der Waals surface area contributed by atoms with Crippen molar-refractivity contribution in [3.8, 4) is 11.8 Å². The molecule has 2 N–H and O–H groups in total. The van der Waals surface area contributed by atoms with E-state index in [1.165, 1.54) is 12.1 Å². The molecule has 0 aliphatic heterocycles. The smallest absolute Gasteiger partial charge is 0.335 e. The predicted octanol–water partition coefficient (Wildman–Crippen LogP) is 1.67. The molecule has 0 atom stereocenters. The van der Waals surface area contributed by atoms with Gasteiger partial charge in [-0.2, -0.15) is 0 Å². The molecule has 1 aromatic carbocycles. The molecule has 0 saturated carbocycles. The lowest BCUT2D eigenvalue weighted by Crippen LogP contribution is -2.03. The average Bonchev–Trinajstić information content (AvgIpc) is 2.25. The lowest BCUT2D eigenvalue weighted by Gasteiger charge is -1.99. The van der Waals surface area contributed by atoms with Crippen molar-refractivity contribution in [1.82, 2.24) is 0 Å². The standard InChI is InChI=1S/C11H7ClO4/c12-3-1-2-7-4-8(10(13)14)6-9(5-7)11(15)16/h4-6H,3H2,(H,13,14)(H,15,16). The van der Waals surface area contributed by atoms with E-state index in [4.69, 9.17) is 21.8 Å². The molecule has 16 heavy (non-hydrogen) atoms. The zero-order chi connectivity index (χ0) is 12.1. The lowest BCUT2D eigenvalue weighted by atomic mass is 10.1. The summed E-state index contributed by atoms with van der Waals surface area (Å²) in [4.78, 5) is 21.5. The third-order valence-corrected chi connectivity index (χ3v) is 1.86. The molecule has 1 aromatic rings. The van der Waals surface area contributed by atoms with Crippen LogP contribution < -0.4 is 0 Å². The molecule has 4 nitrogen and oxygen atoms in total. The van der Waals surface area contributed by atoms with Gasteiger partial charge in [-0.1, -0.05) is 11.8 Å². The normalized spacial score (nSPS) is 9.06. The fourth-order valence-electron chi connectivity index (χ4n) is 1.08. The van der Waals surface area contributed by atoms with Crippen molar-refractivity contribution in [3.05, 3.63) is 34.9 Å². The molecule has 0 bridgehead atoms. The Kier molecular flexibility index (Phi) is 3.92. The maximum Gasteiger partial charge on any atom is 0.335 e. The summed E-state index contributed by atoms with van der Waals surface area (Å²) >= 11 is 5.35. The van der Waals surface area contributed by atoms with Crippen LogP contribution in [0, 0.1) is 11.8 Å². The first kappa shape index (κ1) is 12.1. The van der Waals surface area contributed by atoms with Gasteiger partial charge < -0.3 is 10.2 Å². The van der Waals surface area contributed by atoms with Crippen molar-refractivity contribution < 1.29 is 19.8 Å². The number of aromatic carboxylic acids is 2. The van der Waals surface area contributed by atoms with Crippen LogP contribution in [0.5, 0.6) is 0 Å². The fraction of sp³-hybridized carbons (Fsp3) is 0.0909. The first-order chi connectivity index (χ1) is 7.54. The van der Waals surface area contributed by atoms with E-state index in [9.17, 15) is 9.59 Å². The SMILES string of the molecule is O=C(O)c1cc(C#CCCl)cc(C(=O)O)c1. The summed E-state index contributed by atoms with van der Waals surface area (Å²) in [7, 11) is 0. The van der Waals surface area contributed by atoms with E-state index in [-0.39, 0.29) is 17.0 Å². The van der Waals surface area contributed by atoms with Gasteiger partial charge in [-0.05, 0) is 18.2 Å². The van der Waals surface area contributed by atoms with Gasteiger partial charge in [-0.3, -0.25) is 0 Å². The van der Waals surface area contributed by atoms with E-state index in [0.29, 0.717) is 5.56 Å². The molecule has 0 fully saturated rings. The second kappa shape index (κ2) is 5.19. The zero-order valence-electron chi connectivity index (χ0n) is 8.03. The molecule has 5 heteroatoms. The summed E-state index contributed by atoms with van der Waals surface area (Å²) in [6.07, 6.45) is 0. The van der Waals surface area contributed by atoms with Gasteiger partial charge in [0.15, 0.2) is 0 Å². The van der Waals surface area contributed by atoms with E-state index in [1.807, 2.05) is 0 Å². The van der Waals surface area contributed by atoms with E-state index in [1.54, 1.807) is 0 Å². The van der Waals surface area contributed by atoms with Gasteiger partial charge in [0.2, 0.25) is 0 Å². The molecular formula is C11H7ClO4. The number of carboxylic acids is 2. The van der Waals surface area contributed by atoms with Crippen LogP contribution in [-0.2, 0) is 0 Å². The Morgan fingerprint density at radius 3 is 2.00 bits per heavy atom. The van der Waals surface area contributed by atoms with Crippen molar-refractivity contribution in [2.75, 3.05) is 5.88 Å². The van der Waals surface area contributed by atoms with Crippen molar-refractivity contribution in [2.24, 2.45) is 0 Å². The van der Waals surface area contributed by atoms with Gasteiger partial charge in [-0.15, -0.1) is 11.6 Å². The Hall–Kier alpha value is -1.99. The van der Waals surface area contributed by atoms with E-state index >= 15 is 0 Å². The van der Waals surface area contributed by atoms with Crippen LogP contribution in [0.15, 0.2) is 18.2 Å². The second-order valence-electron chi connectivity index (χ2n) is 2.84. The first-order valence-corrected chi connectivity index (χ1v) is 4.74. The number of rotatable bonds is 2. The Bertz CT molecular complexity index is 464. The molecule has 0 aromatic heterocycles. The molecule has 0 unspecified atom stereocenters. The second-order valence-corrected chi connectivity index (χ2v) is 3.11. The molecule has 82 valence electrons. The number of halogens is 1. The van der Waals surface area contributed by atoms with Crippen LogP contribution >= 0.6 is 11.6 Å². The first-order valence-electron chi connectivity index (χ1n) is 4.21. The van der Waals surface area contributed by atoms with Gasteiger partial charge in [0.05, 0.1) is 17.0 Å². The quantitative estimate of drug-likeness (QED) is 0.607. The third-order valence-electron chi connectivity index (χ3n) is 1.73. The highest BCUT2D eigenvalue weighted by molar-refractivity contribution is 6.19. The van der Waals surface area contributed by atoms with E-state index in [2.05, 4.69) is 11.8 Å².